The zero-order valence-electron chi connectivity index (χ0n) is 10.8. The van der Waals surface area contributed by atoms with E-state index in [1.807, 2.05) is 11.6 Å². The van der Waals surface area contributed by atoms with Gasteiger partial charge in [-0.25, -0.2) is 4.39 Å². The Labute approximate surface area is 106 Å². The molecule has 2 rings (SSSR count). The standard InChI is InChI=1S/C14H18FN3/c1-3-6-18-10(2)13(9-17-18)12-7-11(8-16)4-5-14(12)15/h4-5,7,9H,3,6,8,16H2,1-2H3. The van der Waals surface area contributed by atoms with Crippen molar-refractivity contribution in [1.29, 1.82) is 0 Å². The number of nitrogens with zero attached hydrogens (tertiary/aromatic N) is 2. The molecule has 96 valence electrons. The fourth-order valence-electron chi connectivity index (χ4n) is 2.05. The van der Waals surface area contributed by atoms with Crippen molar-refractivity contribution in [2.45, 2.75) is 33.4 Å². The van der Waals surface area contributed by atoms with Crippen molar-refractivity contribution < 1.29 is 4.39 Å². The summed E-state index contributed by atoms with van der Waals surface area (Å²) in [6, 6.07) is 4.98. The molecule has 0 atom stereocenters. The van der Waals surface area contributed by atoms with Crippen molar-refractivity contribution in [2.24, 2.45) is 5.73 Å². The molecule has 4 heteroatoms. The van der Waals surface area contributed by atoms with Crippen LogP contribution in [0.2, 0.25) is 0 Å². The summed E-state index contributed by atoms with van der Waals surface area (Å²) in [5.41, 5.74) is 8.94. The van der Waals surface area contributed by atoms with Gasteiger partial charge in [-0.05, 0) is 31.0 Å². The average molecular weight is 247 g/mol. The number of aryl methyl sites for hydroxylation is 1. The molecule has 3 nitrogen and oxygen atoms in total. The van der Waals surface area contributed by atoms with E-state index in [2.05, 4.69) is 12.0 Å². The Morgan fingerprint density at radius 1 is 1.33 bits per heavy atom. The molecule has 1 heterocycles. The van der Waals surface area contributed by atoms with Crippen molar-refractivity contribution >= 4 is 0 Å². The van der Waals surface area contributed by atoms with Gasteiger partial charge in [0.05, 0.1) is 6.20 Å². The first-order valence-corrected chi connectivity index (χ1v) is 6.18. The maximum Gasteiger partial charge on any atom is 0.131 e. The Hall–Kier alpha value is -1.68. The van der Waals surface area contributed by atoms with Crippen LogP contribution in [0.3, 0.4) is 0 Å². The summed E-state index contributed by atoms with van der Waals surface area (Å²) in [6.45, 7) is 5.32. The first-order chi connectivity index (χ1) is 8.67. The molecule has 0 spiro atoms. The third-order valence-corrected chi connectivity index (χ3v) is 3.10. The maximum absolute atomic E-state index is 13.9. The fourth-order valence-corrected chi connectivity index (χ4v) is 2.05. The first kappa shape index (κ1) is 12.8. The van der Waals surface area contributed by atoms with Gasteiger partial charge in [0.15, 0.2) is 0 Å². The minimum atomic E-state index is -0.230. The van der Waals surface area contributed by atoms with E-state index in [-0.39, 0.29) is 5.82 Å². The highest BCUT2D eigenvalue weighted by Crippen LogP contribution is 2.27. The Kier molecular flexibility index (Phi) is 3.77. The molecule has 0 aliphatic rings. The van der Waals surface area contributed by atoms with E-state index < -0.39 is 0 Å². The van der Waals surface area contributed by atoms with Crippen LogP contribution < -0.4 is 5.73 Å². The van der Waals surface area contributed by atoms with Gasteiger partial charge in [0.1, 0.15) is 5.82 Å². The van der Waals surface area contributed by atoms with Gasteiger partial charge in [-0.1, -0.05) is 13.0 Å². The van der Waals surface area contributed by atoms with Crippen LogP contribution >= 0.6 is 0 Å². The van der Waals surface area contributed by atoms with E-state index in [9.17, 15) is 4.39 Å². The highest BCUT2D eigenvalue weighted by molar-refractivity contribution is 5.66. The maximum atomic E-state index is 13.9. The van der Waals surface area contributed by atoms with Gasteiger partial charge in [0.25, 0.3) is 0 Å². The molecule has 1 aromatic carbocycles. The fraction of sp³-hybridized carbons (Fsp3) is 0.357. The number of hydrogen-bond acceptors (Lipinski definition) is 2. The first-order valence-electron chi connectivity index (χ1n) is 6.18. The third kappa shape index (κ3) is 2.29. The Morgan fingerprint density at radius 3 is 2.78 bits per heavy atom. The Bertz CT molecular complexity index is 546. The summed E-state index contributed by atoms with van der Waals surface area (Å²) in [6.07, 6.45) is 2.73. The monoisotopic (exact) mass is 247 g/mol. The lowest BCUT2D eigenvalue weighted by Gasteiger charge is -2.06. The Balaban J connectivity index is 2.48. The number of hydrogen-bond donors (Lipinski definition) is 1. The second-order valence-electron chi connectivity index (χ2n) is 4.39. The van der Waals surface area contributed by atoms with E-state index in [1.54, 1.807) is 18.3 Å². The van der Waals surface area contributed by atoms with Crippen LogP contribution in [0, 0.1) is 12.7 Å². The lowest BCUT2D eigenvalue weighted by Crippen LogP contribution is -2.01. The number of aromatic nitrogens is 2. The molecule has 18 heavy (non-hydrogen) atoms. The Morgan fingerprint density at radius 2 is 2.11 bits per heavy atom. The molecule has 0 saturated carbocycles. The molecule has 0 aliphatic carbocycles. The molecule has 0 saturated heterocycles. The molecule has 0 amide bonds. The molecule has 2 aromatic rings. The smallest absolute Gasteiger partial charge is 0.131 e. The lowest BCUT2D eigenvalue weighted by molar-refractivity contribution is 0.587. The minimum absolute atomic E-state index is 0.230. The van der Waals surface area contributed by atoms with Crippen molar-refractivity contribution in [1.82, 2.24) is 9.78 Å². The highest BCUT2D eigenvalue weighted by Gasteiger charge is 2.12. The van der Waals surface area contributed by atoms with Crippen LogP contribution in [0.25, 0.3) is 11.1 Å². The predicted molar refractivity (Wildman–Crippen MR) is 70.5 cm³/mol. The van der Waals surface area contributed by atoms with E-state index in [0.29, 0.717) is 12.1 Å². The van der Waals surface area contributed by atoms with E-state index in [0.717, 1.165) is 29.8 Å². The molecular weight excluding hydrogens is 229 g/mol. The zero-order chi connectivity index (χ0) is 13.1. The largest absolute Gasteiger partial charge is 0.326 e. The molecule has 1 aromatic heterocycles. The van der Waals surface area contributed by atoms with Crippen LogP contribution in [0.1, 0.15) is 24.6 Å². The van der Waals surface area contributed by atoms with Gasteiger partial charge >= 0.3 is 0 Å². The third-order valence-electron chi connectivity index (χ3n) is 3.10. The van der Waals surface area contributed by atoms with Crippen LogP contribution in [0.5, 0.6) is 0 Å². The average Bonchev–Trinajstić information content (AvgIpc) is 2.73. The van der Waals surface area contributed by atoms with Crippen LogP contribution in [0.4, 0.5) is 4.39 Å². The summed E-state index contributed by atoms with van der Waals surface area (Å²) >= 11 is 0. The molecular formula is C14H18FN3. The summed E-state index contributed by atoms with van der Waals surface area (Å²) < 4.78 is 15.8. The van der Waals surface area contributed by atoms with E-state index in [1.165, 1.54) is 6.07 Å². The van der Waals surface area contributed by atoms with E-state index >= 15 is 0 Å². The van der Waals surface area contributed by atoms with Gasteiger partial charge in [0.2, 0.25) is 0 Å². The van der Waals surface area contributed by atoms with Crippen molar-refractivity contribution in [3.63, 3.8) is 0 Å². The van der Waals surface area contributed by atoms with Crippen LogP contribution in [-0.2, 0) is 13.1 Å². The molecule has 0 radical (unpaired) electrons. The predicted octanol–water partition coefficient (Wildman–Crippen LogP) is 2.87. The highest BCUT2D eigenvalue weighted by atomic mass is 19.1. The molecule has 0 aliphatic heterocycles. The summed E-state index contributed by atoms with van der Waals surface area (Å²) in [4.78, 5) is 0. The quantitative estimate of drug-likeness (QED) is 0.902. The van der Waals surface area contributed by atoms with Crippen molar-refractivity contribution in [2.75, 3.05) is 0 Å². The second-order valence-corrected chi connectivity index (χ2v) is 4.39. The number of rotatable bonds is 4. The molecule has 0 unspecified atom stereocenters. The van der Waals surface area contributed by atoms with Gasteiger partial charge in [-0.15, -0.1) is 0 Å². The number of halogens is 1. The molecule has 0 bridgehead atoms. The number of nitrogens with two attached hydrogens (primary N) is 1. The normalized spacial score (nSPS) is 10.9. The van der Waals surface area contributed by atoms with Gasteiger partial charge in [-0.3, -0.25) is 4.68 Å². The lowest BCUT2D eigenvalue weighted by atomic mass is 10.0. The van der Waals surface area contributed by atoms with Gasteiger partial charge < -0.3 is 5.73 Å². The summed E-state index contributed by atoms with van der Waals surface area (Å²) in [5.74, 6) is -0.230. The SMILES string of the molecule is CCCn1ncc(-c2cc(CN)ccc2F)c1C. The molecule has 2 N–H and O–H groups in total. The molecule has 0 fully saturated rings. The van der Waals surface area contributed by atoms with Crippen LogP contribution in [-0.4, -0.2) is 9.78 Å². The number of benzene rings is 1. The zero-order valence-corrected chi connectivity index (χ0v) is 10.8. The van der Waals surface area contributed by atoms with Crippen molar-refractivity contribution in [3.05, 3.63) is 41.5 Å². The summed E-state index contributed by atoms with van der Waals surface area (Å²) in [5, 5.41) is 4.30. The van der Waals surface area contributed by atoms with Crippen molar-refractivity contribution in [3.8, 4) is 11.1 Å². The summed E-state index contributed by atoms with van der Waals surface area (Å²) in [7, 11) is 0. The topological polar surface area (TPSA) is 43.8 Å². The van der Waals surface area contributed by atoms with Gasteiger partial charge in [-0.2, -0.15) is 5.10 Å². The second kappa shape index (κ2) is 5.31. The van der Waals surface area contributed by atoms with Gasteiger partial charge in [0, 0.05) is 29.9 Å². The van der Waals surface area contributed by atoms with Crippen LogP contribution in [0.15, 0.2) is 24.4 Å². The minimum Gasteiger partial charge on any atom is -0.326 e. The van der Waals surface area contributed by atoms with E-state index in [4.69, 9.17) is 5.73 Å².